The molecule has 164 valence electrons. The van der Waals surface area contributed by atoms with Crippen molar-refractivity contribution < 1.29 is 14.1 Å². The van der Waals surface area contributed by atoms with E-state index in [1.54, 1.807) is 12.1 Å². The number of nitrogens with two attached hydrogens (primary N) is 2. The van der Waals surface area contributed by atoms with Crippen molar-refractivity contribution in [1.82, 2.24) is 5.43 Å². The highest BCUT2D eigenvalue weighted by atomic mass is 79.9. The highest BCUT2D eigenvalue weighted by Gasteiger charge is 2.15. The van der Waals surface area contributed by atoms with Crippen molar-refractivity contribution in [3.8, 4) is 0 Å². The average Bonchev–Trinajstić information content (AvgIpc) is 2.66. The first-order valence-electron chi connectivity index (χ1n) is 7.64. The van der Waals surface area contributed by atoms with Gasteiger partial charge in [-0.05, 0) is 42.0 Å². The third-order valence-corrected chi connectivity index (χ3v) is 5.60. The molecule has 30 heavy (non-hydrogen) atoms. The number of hydrogen-bond donors (Lipinski definition) is 4. The van der Waals surface area contributed by atoms with Gasteiger partial charge in [-0.25, -0.2) is 10.2 Å². The van der Waals surface area contributed by atoms with E-state index in [0.717, 1.165) is 16.7 Å². The highest BCUT2D eigenvalue weighted by Crippen LogP contribution is 2.36. The smallest absolute Gasteiger partial charge is 0.271 e. The first kappa shape index (κ1) is 28.5. The maximum absolute atomic E-state index is 13.6. The van der Waals surface area contributed by atoms with Gasteiger partial charge in [0.25, 0.3) is 10.9 Å². The molecule has 0 heterocycles. The predicted molar refractivity (Wildman–Crippen MR) is 132 cm³/mol. The fourth-order valence-corrected chi connectivity index (χ4v) is 3.83. The molecular formula is C16H18Br2FN5O3S3. The van der Waals surface area contributed by atoms with Crippen molar-refractivity contribution in [2.45, 2.75) is 22.2 Å². The quantitative estimate of drug-likeness (QED) is 0.0904. The summed E-state index contributed by atoms with van der Waals surface area (Å²) < 4.78 is 18.9. The Morgan fingerprint density at radius 1 is 1.23 bits per heavy atom. The van der Waals surface area contributed by atoms with E-state index < -0.39 is 10.7 Å². The zero-order valence-electron chi connectivity index (χ0n) is 15.1. The van der Waals surface area contributed by atoms with Gasteiger partial charge in [0.05, 0.1) is 4.92 Å². The van der Waals surface area contributed by atoms with Gasteiger partial charge in [-0.15, -0.1) is 34.0 Å². The summed E-state index contributed by atoms with van der Waals surface area (Å²) in [5.41, 5.74) is 8.62. The van der Waals surface area contributed by atoms with Crippen molar-refractivity contribution in [1.29, 1.82) is 5.41 Å². The van der Waals surface area contributed by atoms with Crippen molar-refractivity contribution in [3.05, 3.63) is 63.5 Å². The van der Waals surface area contributed by atoms with E-state index in [-0.39, 0.29) is 56.6 Å². The Kier molecular flexibility index (Phi) is 13.1. The normalized spacial score (nSPS) is 9.67. The molecule has 0 unspecified atom stereocenters. The molecule has 0 amide bonds. The number of ether oxygens (including phenoxy) is 1. The Bertz CT molecular complexity index is 924. The van der Waals surface area contributed by atoms with Gasteiger partial charge in [-0.3, -0.25) is 20.9 Å². The molecule has 0 bridgehead atoms. The van der Waals surface area contributed by atoms with Crippen molar-refractivity contribution in [3.63, 3.8) is 0 Å². The van der Waals surface area contributed by atoms with Gasteiger partial charge in [-0.2, -0.15) is 0 Å². The number of nitro groups is 1. The number of thiocarbonyl (C=S) groups is 1. The standard InChI is InChI=1S/C16H16FN5O3S3.2BrH/c17-11-1-3-14(10(5-11)8-27-15(18)19)28-13-4-2-12(22(23)24)6-9(13)7-25-16(26)21-20;;/h1-6H,7-8,20H2,(H3,18,19)(H,21,26);2*1H. The lowest BCUT2D eigenvalue weighted by Crippen LogP contribution is -2.30. The molecule has 0 saturated carbocycles. The maximum Gasteiger partial charge on any atom is 0.271 e. The summed E-state index contributed by atoms with van der Waals surface area (Å²) in [7, 11) is 0. The van der Waals surface area contributed by atoms with E-state index in [0.29, 0.717) is 21.8 Å². The predicted octanol–water partition coefficient (Wildman–Crippen LogP) is 4.43. The molecular weight excluding hydrogens is 585 g/mol. The van der Waals surface area contributed by atoms with Crippen LogP contribution in [0.5, 0.6) is 0 Å². The number of nitrogens with one attached hydrogen (secondary N) is 2. The minimum absolute atomic E-state index is 0. The Hall–Kier alpha value is -1.45. The summed E-state index contributed by atoms with van der Waals surface area (Å²) in [5.74, 6) is 5.08. The molecule has 14 heteroatoms. The van der Waals surface area contributed by atoms with E-state index in [4.69, 9.17) is 33.9 Å². The lowest BCUT2D eigenvalue weighted by molar-refractivity contribution is -0.385. The van der Waals surface area contributed by atoms with Crippen LogP contribution in [-0.4, -0.2) is 15.3 Å². The Balaban J connectivity index is 0.00000420. The van der Waals surface area contributed by atoms with Gasteiger partial charge in [-0.1, -0.05) is 23.5 Å². The number of halogens is 3. The van der Waals surface area contributed by atoms with Crippen LogP contribution < -0.4 is 17.0 Å². The molecule has 0 aliphatic rings. The van der Waals surface area contributed by atoms with Crippen LogP contribution in [0.1, 0.15) is 11.1 Å². The second kappa shape index (κ2) is 13.8. The van der Waals surface area contributed by atoms with Crippen LogP contribution in [0.4, 0.5) is 10.1 Å². The van der Waals surface area contributed by atoms with Crippen molar-refractivity contribution in [2.75, 3.05) is 0 Å². The summed E-state index contributed by atoms with van der Waals surface area (Å²) in [6, 6.07) is 8.64. The number of amidine groups is 1. The van der Waals surface area contributed by atoms with E-state index in [1.165, 1.54) is 36.0 Å². The topological polar surface area (TPSA) is 140 Å². The summed E-state index contributed by atoms with van der Waals surface area (Å²) in [6.07, 6.45) is 0. The monoisotopic (exact) mass is 601 g/mol. The van der Waals surface area contributed by atoms with Crippen molar-refractivity contribution >= 4 is 85.7 Å². The number of benzene rings is 2. The lowest BCUT2D eigenvalue weighted by atomic mass is 10.2. The van der Waals surface area contributed by atoms with E-state index in [1.807, 2.05) is 0 Å². The summed E-state index contributed by atoms with van der Waals surface area (Å²) >= 11 is 7.20. The van der Waals surface area contributed by atoms with Gasteiger partial charge in [0.2, 0.25) is 0 Å². The number of thioether (sulfide) groups is 1. The second-order valence-electron chi connectivity index (χ2n) is 5.28. The Labute approximate surface area is 206 Å². The lowest BCUT2D eigenvalue weighted by Gasteiger charge is -2.13. The maximum atomic E-state index is 13.6. The number of hydrogen-bond acceptors (Lipinski definition) is 8. The fourth-order valence-electron chi connectivity index (χ4n) is 2.11. The second-order valence-corrected chi connectivity index (χ2v) is 7.75. The third-order valence-electron chi connectivity index (χ3n) is 3.36. The van der Waals surface area contributed by atoms with Crippen molar-refractivity contribution in [2.24, 2.45) is 11.6 Å². The summed E-state index contributed by atoms with van der Waals surface area (Å²) in [4.78, 5) is 12.0. The number of rotatable bonds is 7. The Morgan fingerprint density at radius 3 is 2.47 bits per heavy atom. The molecule has 2 aromatic rings. The van der Waals surface area contributed by atoms with Gasteiger partial charge in [0.1, 0.15) is 12.4 Å². The van der Waals surface area contributed by atoms with Crippen LogP contribution in [-0.2, 0) is 17.1 Å². The number of non-ortho nitro benzene ring substituents is 1. The fraction of sp³-hybridized carbons (Fsp3) is 0.125. The first-order valence-corrected chi connectivity index (χ1v) is 9.85. The molecule has 0 aliphatic carbocycles. The van der Waals surface area contributed by atoms with Crippen LogP contribution in [0.25, 0.3) is 0 Å². The first-order chi connectivity index (χ1) is 13.3. The molecule has 0 aromatic heterocycles. The van der Waals surface area contributed by atoms with E-state index >= 15 is 0 Å². The van der Waals surface area contributed by atoms with Gasteiger partial charge in [0.15, 0.2) is 5.17 Å². The molecule has 0 fully saturated rings. The van der Waals surface area contributed by atoms with Crippen LogP contribution in [0, 0.1) is 21.3 Å². The zero-order chi connectivity index (χ0) is 20.7. The van der Waals surface area contributed by atoms with Crippen LogP contribution in [0.15, 0.2) is 46.2 Å². The number of nitro benzene ring substituents is 1. The van der Waals surface area contributed by atoms with E-state index in [9.17, 15) is 14.5 Å². The van der Waals surface area contributed by atoms with Gasteiger partial charge >= 0.3 is 0 Å². The largest absolute Gasteiger partial charge is 0.465 e. The minimum Gasteiger partial charge on any atom is -0.465 e. The molecule has 0 aliphatic heterocycles. The minimum atomic E-state index is -0.510. The molecule has 8 nitrogen and oxygen atoms in total. The number of hydrazine groups is 1. The van der Waals surface area contributed by atoms with Crippen LogP contribution in [0.2, 0.25) is 0 Å². The summed E-state index contributed by atoms with van der Waals surface area (Å²) in [5, 5.41) is 18.3. The van der Waals surface area contributed by atoms with Gasteiger partial charge in [0, 0.05) is 33.2 Å². The average molecular weight is 603 g/mol. The summed E-state index contributed by atoms with van der Waals surface area (Å²) in [6.45, 7) is -0.0359. The van der Waals surface area contributed by atoms with Gasteiger partial charge < -0.3 is 10.5 Å². The highest BCUT2D eigenvalue weighted by molar-refractivity contribution is 8.93. The van der Waals surface area contributed by atoms with Crippen LogP contribution in [0.3, 0.4) is 0 Å². The molecule has 0 spiro atoms. The molecule has 0 radical (unpaired) electrons. The molecule has 0 atom stereocenters. The third kappa shape index (κ3) is 8.73. The van der Waals surface area contributed by atoms with Crippen LogP contribution >= 0.6 is 69.7 Å². The SMILES string of the molecule is Br.Br.N=C(N)SCc1cc(F)ccc1Sc1ccc([N+](=O)[O-])cc1COC(=S)NN. The molecule has 6 N–H and O–H groups in total. The molecule has 2 aromatic carbocycles. The zero-order valence-corrected chi connectivity index (χ0v) is 21.0. The molecule has 0 saturated heterocycles. The Morgan fingerprint density at radius 2 is 1.87 bits per heavy atom. The van der Waals surface area contributed by atoms with E-state index in [2.05, 4.69) is 5.43 Å². The number of nitrogens with zero attached hydrogens (tertiary/aromatic N) is 1. The molecule has 2 rings (SSSR count).